The molecule has 0 amide bonds. The molecule has 5 heteroatoms. The summed E-state index contributed by atoms with van der Waals surface area (Å²) in [6.45, 7) is 2.23. The van der Waals surface area contributed by atoms with Crippen LogP contribution in [-0.2, 0) is 5.33 Å². The minimum Gasteiger partial charge on any atom is -0.371 e. The van der Waals surface area contributed by atoms with Crippen molar-refractivity contribution in [1.82, 2.24) is 0 Å². The van der Waals surface area contributed by atoms with Crippen molar-refractivity contribution < 1.29 is 4.92 Å². The van der Waals surface area contributed by atoms with E-state index in [1.807, 2.05) is 6.07 Å². The van der Waals surface area contributed by atoms with E-state index in [-0.39, 0.29) is 10.6 Å². The van der Waals surface area contributed by atoms with E-state index >= 15 is 0 Å². The van der Waals surface area contributed by atoms with Gasteiger partial charge < -0.3 is 4.90 Å². The first kappa shape index (κ1) is 12.9. The molecule has 1 saturated carbocycles. The van der Waals surface area contributed by atoms with Gasteiger partial charge in [-0.3, -0.25) is 10.1 Å². The van der Waals surface area contributed by atoms with Crippen LogP contribution in [0.3, 0.4) is 0 Å². The van der Waals surface area contributed by atoms with Crippen molar-refractivity contribution in [3.63, 3.8) is 0 Å². The average molecular weight is 325 g/mol. The predicted molar refractivity (Wildman–Crippen MR) is 78.8 cm³/mol. The fourth-order valence-electron chi connectivity index (χ4n) is 3.53. The van der Waals surface area contributed by atoms with Crippen LogP contribution in [0.4, 0.5) is 11.4 Å². The van der Waals surface area contributed by atoms with Gasteiger partial charge >= 0.3 is 0 Å². The van der Waals surface area contributed by atoms with Crippen LogP contribution in [0.25, 0.3) is 0 Å². The lowest BCUT2D eigenvalue weighted by atomic mass is 10.0. The molecule has 0 N–H and O–H groups in total. The molecule has 0 bridgehead atoms. The molecule has 1 aliphatic heterocycles. The molecule has 2 unspecified atom stereocenters. The van der Waals surface area contributed by atoms with Gasteiger partial charge in [0.1, 0.15) is 0 Å². The van der Waals surface area contributed by atoms with E-state index in [1.54, 1.807) is 12.1 Å². The Kier molecular flexibility index (Phi) is 3.48. The quantitative estimate of drug-likeness (QED) is 0.483. The van der Waals surface area contributed by atoms with E-state index in [2.05, 4.69) is 20.8 Å². The number of benzene rings is 1. The standard InChI is InChI=1S/C14H17BrN2O2/c15-7-12-6-13(17(18)19)4-5-14(12)16-8-10-2-1-3-11(10)9-16/h4-6,10-11H,1-3,7-9H2. The van der Waals surface area contributed by atoms with Gasteiger partial charge in [-0.1, -0.05) is 22.4 Å². The average Bonchev–Trinajstić information content (AvgIpc) is 2.98. The molecule has 1 saturated heterocycles. The fourth-order valence-corrected chi connectivity index (χ4v) is 3.98. The van der Waals surface area contributed by atoms with Gasteiger partial charge in [0.15, 0.2) is 0 Å². The first-order valence-electron chi connectivity index (χ1n) is 6.77. The smallest absolute Gasteiger partial charge is 0.269 e. The van der Waals surface area contributed by atoms with Crippen molar-refractivity contribution in [3.8, 4) is 0 Å². The van der Waals surface area contributed by atoms with Crippen molar-refractivity contribution in [1.29, 1.82) is 0 Å². The number of nitro benzene ring substituents is 1. The zero-order valence-corrected chi connectivity index (χ0v) is 12.3. The second-order valence-electron chi connectivity index (χ2n) is 5.56. The number of alkyl halides is 1. The summed E-state index contributed by atoms with van der Waals surface area (Å²) >= 11 is 3.45. The molecular weight excluding hydrogens is 308 g/mol. The Morgan fingerprint density at radius 2 is 2.00 bits per heavy atom. The molecule has 102 valence electrons. The summed E-state index contributed by atoms with van der Waals surface area (Å²) < 4.78 is 0. The van der Waals surface area contributed by atoms with Crippen molar-refractivity contribution in [2.24, 2.45) is 11.8 Å². The number of nitrogens with zero attached hydrogens (tertiary/aromatic N) is 2. The molecule has 3 rings (SSSR count). The molecule has 1 aromatic rings. The Bertz CT molecular complexity index is 494. The summed E-state index contributed by atoms with van der Waals surface area (Å²) in [4.78, 5) is 12.9. The summed E-state index contributed by atoms with van der Waals surface area (Å²) in [6.07, 6.45) is 4.06. The highest BCUT2D eigenvalue weighted by Crippen LogP contribution is 2.41. The Labute approximate surface area is 121 Å². The molecule has 1 aliphatic carbocycles. The number of rotatable bonds is 3. The van der Waals surface area contributed by atoms with E-state index in [9.17, 15) is 10.1 Å². The van der Waals surface area contributed by atoms with Crippen LogP contribution < -0.4 is 4.90 Å². The maximum atomic E-state index is 10.8. The molecule has 0 aromatic heterocycles. The molecular formula is C14H17BrN2O2. The molecule has 4 nitrogen and oxygen atoms in total. The van der Waals surface area contributed by atoms with Crippen LogP contribution >= 0.6 is 15.9 Å². The Hall–Kier alpha value is -1.10. The zero-order valence-electron chi connectivity index (χ0n) is 10.7. The van der Waals surface area contributed by atoms with Gasteiger partial charge in [0, 0.05) is 36.2 Å². The third-order valence-electron chi connectivity index (χ3n) is 4.48. The Balaban J connectivity index is 1.86. The lowest BCUT2D eigenvalue weighted by Crippen LogP contribution is -2.21. The number of hydrogen-bond acceptors (Lipinski definition) is 3. The Morgan fingerprint density at radius 1 is 1.32 bits per heavy atom. The van der Waals surface area contributed by atoms with Gasteiger partial charge in [0.2, 0.25) is 0 Å². The highest BCUT2D eigenvalue weighted by Gasteiger charge is 2.36. The van der Waals surface area contributed by atoms with E-state index in [0.717, 1.165) is 36.2 Å². The van der Waals surface area contributed by atoms with Crippen LogP contribution in [0.2, 0.25) is 0 Å². The number of nitro groups is 1. The van der Waals surface area contributed by atoms with Crippen molar-refractivity contribution >= 4 is 27.3 Å². The van der Waals surface area contributed by atoms with Gasteiger partial charge in [-0.05, 0) is 36.3 Å². The van der Waals surface area contributed by atoms with Gasteiger partial charge in [0.25, 0.3) is 5.69 Å². The number of anilines is 1. The molecule has 2 aliphatic rings. The molecule has 0 radical (unpaired) electrons. The first-order valence-corrected chi connectivity index (χ1v) is 7.89. The third-order valence-corrected chi connectivity index (χ3v) is 5.09. The summed E-state index contributed by atoms with van der Waals surface area (Å²) in [5, 5.41) is 11.5. The van der Waals surface area contributed by atoms with E-state index in [1.165, 1.54) is 19.3 Å². The normalized spacial score (nSPS) is 25.6. The van der Waals surface area contributed by atoms with E-state index in [4.69, 9.17) is 0 Å². The minimum absolute atomic E-state index is 0.178. The van der Waals surface area contributed by atoms with Crippen LogP contribution in [0.5, 0.6) is 0 Å². The second kappa shape index (κ2) is 5.12. The molecule has 1 heterocycles. The molecule has 0 spiro atoms. The summed E-state index contributed by atoms with van der Waals surface area (Å²) in [6, 6.07) is 5.23. The highest BCUT2D eigenvalue weighted by atomic mass is 79.9. The maximum Gasteiger partial charge on any atom is 0.269 e. The number of halogens is 1. The van der Waals surface area contributed by atoms with Crippen LogP contribution in [0.1, 0.15) is 24.8 Å². The monoisotopic (exact) mass is 324 g/mol. The van der Waals surface area contributed by atoms with Gasteiger partial charge in [-0.15, -0.1) is 0 Å². The Morgan fingerprint density at radius 3 is 2.58 bits per heavy atom. The van der Waals surface area contributed by atoms with E-state index < -0.39 is 0 Å². The highest BCUT2D eigenvalue weighted by molar-refractivity contribution is 9.08. The number of hydrogen-bond donors (Lipinski definition) is 0. The summed E-state index contributed by atoms with van der Waals surface area (Å²) in [7, 11) is 0. The summed E-state index contributed by atoms with van der Waals surface area (Å²) in [5.41, 5.74) is 2.36. The third kappa shape index (κ3) is 2.36. The van der Waals surface area contributed by atoms with Crippen LogP contribution in [-0.4, -0.2) is 18.0 Å². The molecule has 1 aromatic carbocycles. The SMILES string of the molecule is O=[N+]([O-])c1ccc(N2CC3CCCC3C2)c(CBr)c1. The lowest BCUT2D eigenvalue weighted by Gasteiger charge is -2.22. The van der Waals surface area contributed by atoms with Gasteiger partial charge in [-0.25, -0.2) is 0 Å². The molecule has 19 heavy (non-hydrogen) atoms. The van der Waals surface area contributed by atoms with Gasteiger partial charge in [0.05, 0.1) is 4.92 Å². The molecule has 2 fully saturated rings. The largest absolute Gasteiger partial charge is 0.371 e. The second-order valence-corrected chi connectivity index (χ2v) is 6.12. The first-order chi connectivity index (χ1) is 9.19. The van der Waals surface area contributed by atoms with E-state index in [0.29, 0.717) is 5.33 Å². The maximum absolute atomic E-state index is 10.8. The topological polar surface area (TPSA) is 46.4 Å². The number of fused-ring (bicyclic) bond motifs is 1. The van der Waals surface area contributed by atoms with Crippen LogP contribution in [0, 0.1) is 22.0 Å². The summed E-state index contributed by atoms with van der Waals surface area (Å²) in [5.74, 6) is 1.66. The fraction of sp³-hybridized carbons (Fsp3) is 0.571. The van der Waals surface area contributed by atoms with Gasteiger partial charge in [-0.2, -0.15) is 0 Å². The lowest BCUT2D eigenvalue weighted by molar-refractivity contribution is -0.384. The minimum atomic E-state index is -0.325. The predicted octanol–water partition coefficient (Wildman–Crippen LogP) is 3.73. The van der Waals surface area contributed by atoms with Crippen molar-refractivity contribution in [2.75, 3.05) is 18.0 Å². The van der Waals surface area contributed by atoms with Crippen molar-refractivity contribution in [2.45, 2.75) is 24.6 Å². The number of non-ortho nitro benzene ring substituents is 1. The van der Waals surface area contributed by atoms with Crippen molar-refractivity contribution in [3.05, 3.63) is 33.9 Å². The van der Waals surface area contributed by atoms with Crippen LogP contribution in [0.15, 0.2) is 18.2 Å². The zero-order chi connectivity index (χ0) is 13.4. The molecule has 2 atom stereocenters.